The minimum absolute atomic E-state index is 0.108. The first-order valence-corrected chi connectivity index (χ1v) is 8.38. The molecule has 1 aliphatic carbocycles. The molecule has 0 atom stereocenters. The summed E-state index contributed by atoms with van der Waals surface area (Å²) in [6.07, 6.45) is 5.98. The summed E-state index contributed by atoms with van der Waals surface area (Å²) in [6.45, 7) is 4.39. The predicted molar refractivity (Wildman–Crippen MR) is 69.4 cm³/mol. The van der Waals surface area contributed by atoms with Crippen molar-refractivity contribution < 1.29 is 8.42 Å². The van der Waals surface area contributed by atoms with Crippen LogP contribution >= 0.6 is 0 Å². The normalized spacial score (nSPS) is 23.9. The largest absolute Gasteiger partial charge is 0.313 e. The Morgan fingerprint density at radius 3 is 2.29 bits per heavy atom. The molecule has 4 nitrogen and oxygen atoms in total. The Balaban J connectivity index is 2.08. The van der Waals surface area contributed by atoms with E-state index in [0.717, 1.165) is 45.2 Å². The van der Waals surface area contributed by atoms with Crippen LogP contribution in [0.1, 0.15) is 45.4 Å². The summed E-state index contributed by atoms with van der Waals surface area (Å²) in [5.74, 6) is 0. The molecule has 2 aliphatic rings. The van der Waals surface area contributed by atoms with Gasteiger partial charge < -0.3 is 5.32 Å². The monoisotopic (exact) mass is 260 g/mol. The first kappa shape index (κ1) is 13.3. The highest BCUT2D eigenvalue weighted by Crippen LogP contribution is 2.27. The molecule has 0 aromatic heterocycles. The Bertz CT molecular complexity index is 332. The summed E-state index contributed by atoms with van der Waals surface area (Å²) in [5, 5.41) is 3.06. The third kappa shape index (κ3) is 2.83. The molecule has 0 amide bonds. The number of rotatable bonds is 5. The van der Waals surface area contributed by atoms with Gasteiger partial charge in [-0.3, -0.25) is 0 Å². The van der Waals surface area contributed by atoms with Crippen molar-refractivity contribution in [3.8, 4) is 0 Å². The third-order valence-corrected chi connectivity index (χ3v) is 6.36. The Hall–Kier alpha value is -0.130. The molecule has 1 N–H and O–H groups in total. The lowest BCUT2D eigenvalue weighted by Crippen LogP contribution is -2.60. The molecule has 0 bridgehead atoms. The minimum Gasteiger partial charge on any atom is -0.313 e. The van der Waals surface area contributed by atoms with Gasteiger partial charge in [0, 0.05) is 25.7 Å². The van der Waals surface area contributed by atoms with Crippen molar-refractivity contribution in [2.24, 2.45) is 0 Å². The van der Waals surface area contributed by atoms with Crippen molar-refractivity contribution in [2.75, 3.05) is 19.6 Å². The van der Waals surface area contributed by atoms with Crippen LogP contribution in [-0.2, 0) is 10.0 Å². The van der Waals surface area contributed by atoms with Crippen LogP contribution < -0.4 is 5.32 Å². The molecule has 0 aromatic rings. The van der Waals surface area contributed by atoms with Crippen LogP contribution in [0.25, 0.3) is 0 Å². The molecule has 17 heavy (non-hydrogen) atoms. The van der Waals surface area contributed by atoms with E-state index in [1.807, 2.05) is 0 Å². The summed E-state index contributed by atoms with van der Waals surface area (Å²) in [4.78, 5) is 0. The fourth-order valence-electron chi connectivity index (χ4n) is 2.77. The molecule has 0 spiro atoms. The van der Waals surface area contributed by atoms with Crippen LogP contribution in [-0.4, -0.2) is 43.6 Å². The van der Waals surface area contributed by atoms with E-state index in [0.29, 0.717) is 6.54 Å². The van der Waals surface area contributed by atoms with E-state index in [-0.39, 0.29) is 11.3 Å². The van der Waals surface area contributed by atoms with Crippen LogP contribution in [0.15, 0.2) is 0 Å². The summed E-state index contributed by atoms with van der Waals surface area (Å²) in [5.41, 5.74) is 0. The Morgan fingerprint density at radius 2 is 1.82 bits per heavy atom. The maximum atomic E-state index is 12.6. The average molecular weight is 260 g/mol. The van der Waals surface area contributed by atoms with Crippen LogP contribution in [0.5, 0.6) is 0 Å². The van der Waals surface area contributed by atoms with Gasteiger partial charge in [0.25, 0.3) is 0 Å². The number of hydrogen-bond donors (Lipinski definition) is 1. The van der Waals surface area contributed by atoms with Gasteiger partial charge in [-0.15, -0.1) is 0 Å². The maximum Gasteiger partial charge on any atom is 0.217 e. The topological polar surface area (TPSA) is 49.4 Å². The Morgan fingerprint density at radius 1 is 1.18 bits per heavy atom. The van der Waals surface area contributed by atoms with E-state index in [1.54, 1.807) is 4.31 Å². The first-order valence-electron chi connectivity index (χ1n) is 6.87. The molecule has 5 heteroatoms. The molecule has 100 valence electrons. The van der Waals surface area contributed by atoms with Crippen LogP contribution in [0, 0.1) is 0 Å². The SMILES string of the molecule is CCCN(C1CNC1)S(=O)(=O)C1CCCCC1. The van der Waals surface area contributed by atoms with Crippen molar-refractivity contribution in [3.63, 3.8) is 0 Å². The molecule has 2 fully saturated rings. The van der Waals surface area contributed by atoms with Gasteiger partial charge in [-0.25, -0.2) is 8.42 Å². The molecule has 2 rings (SSSR count). The zero-order chi connectivity index (χ0) is 12.3. The van der Waals surface area contributed by atoms with Crippen molar-refractivity contribution >= 4 is 10.0 Å². The van der Waals surface area contributed by atoms with Crippen molar-refractivity contribution in [1.82, 2.24) is 9.62 Å². The standard InChI is InChI=1S/C12H24N2O2S/c1-2-8-14(11-9-13-10-11)17(15,16)12-6-4-3-5-7-12/h11-13H,2-10H2,1H3. The lowest BCUT2D eigenvalue weighted by molar-refractivity contribution is 0.237. The highest BCUT2D eigenvalue weighted by Gasteiger charge is 2.38. The molecule has 0 aromatic carbocycles. The van der Waals surface area contributed by atoms with Crippen LogP contribution in [0.3, 0.4) is 0 Å². The van der Waals surface area contributed by atoms with Gasteiger partial charge in [0.1, 0.15) is 0 Å². The van der Waals surface area contributed by atoms with E-state index >= 15 is 0 Å². The molecular weight excluding hydrogens is 236 g/mol. The van der Waals surface area contributed by atoms with Crippen molar-refractivity contribution in [2.45, 2.75) is 56.7 Å². The molecule has 0 unspecified atom stereocenters. The van der Waals surface area contributed by atoms with Gasteiger partial charge >= 0.3 is 0 Å². The quantitative estimate of drug-likeness (QED) is 0.811. The minimum atomic E-state index is -3.05. The molecular formula is C12H24N2O2S. The summed E-state index contributed by atoms with van der Waals surface area (Å²) in [7, 11) is -3.05. The van der Waals surface area contributed by atoms with Gasteiger partial charge in [0.05, 0.1) is 5.25 Å². The van der Waals surface area contributed by atoms with Crippen molar-refractivity contribution in [3.05, 3.63) is 0 Å². The predicted octanol–water partition coefficient (Wildman–Crippen LogP) is 1.33. The maximum absolute atomic E-state index is 12.6. The van der Waals surface area contributed by atoms with E-state index in [2.05, 4.69) is 12.2 Å². The molecule has 1 saturated heterocycles. The highest BCUT2D eigenvalue weighted by molar-refractivity contribution is 7.89. The van der Waals surface area contributed by atoms with Gasteiger partial charge in [0.2, 0.25) is 10.0 Å². The second-order valence-electron chi connectivity index (χ2n) is 5.23. The Kier molecular flexibility index (Phi) is 4.44. The zero-order valence-electron chi connectivity index (χ0n) is 10.7. The van der Waals surface area contributed by atoms with E-state index < -0.39 is 10.0 Å². The highest BCUT2D eigenvalue weighted by atomic mass is 32.2. The second-order valence-corrected chi connectivity index (χ2v) is 7.39. The molecule has 1 saturated carbocycles. The number of hydrogen-bond acceptors (Lipinski definition) is 3. The molecule has 0 radical (unpaired) electrons. The van der Waals surface area contributed by atoms with Crippen LogP contribution in [0.2, 0.25) is 0 Å². The fraction of sp³-hybridized carbons (Fsp3) is 1.00. The van der Waals surface area contributed by atoms with Crippen molar-refractivity contribution in [1.29, 1.82) is 0 Å². The van der Waals surface area contributed by atoms with Gasteiger partial charge in [-0.05, 0) is 19.3 Å². The lowest BCUT2D eigenvalue weighted by Gasteiger charge is -2.39. The smallest absolute Gasteiger partial charge is 0.217 e. The molecule has 1 aliphatic heterocycles. The number of sulfonamides is 1. The summed E-state index contributed by atoms with van der Waals surface area (Å²) >= 11 is 0. The van der Waals surface area contributed by atoms with E-state index in [1.165, 1.54) is 6.42 Å². The number of nitrogens with one attached hydrogen (secondary N) is 1. The first-order chi connectivity index (χ1) is 8.16. The second kappa shape index (κ2) is 5.67. The zero-order valence-corrected chi connectivity index (χ0v) is 11.5. The third-order valence-electron chi connectivity index (χ3n) is 3.91. The summed E-state index contributed by atoms with van der Waals surface area (Å²) < 4.78 is 27.0. The Labute approximate surface area is 105 Å². The number of nitrogens with zero attached hydrogens (tertiary/aromatic N) is 1. The van der Waals surface area contributed by atoms with Gasteiger partial charge in [-0.2, -0.15) is 4.31 Å². The molecule has 1 heterocycles. The lowest BCUT2D eigenvalue weighted by atomic mass is 10.0. The summed E-state index contributed by atoms with van der Waals surface area (Å²) in [6, 6.07) is 0.210. The fourth-order valence-corrected chi connectivity index (χ4v) is 5.08. The van der Waals surface area contributed by atoms with Crippen LogP contribution in [0.4, 0.5) is 0 Å². The van der Waals surface area contributed by atoms with Gasteiger partial charge in [0.15, 0.2) is 0 Å². The average Bonchev–Trinajstić information content (AvgIpc) is 2.27. The van der Waals surface area contributed by atoms with E-state index in [4.69, 9.17) is 0 Å². The van der Waals surface area contributed by atoms with E-state index in [9.17, 15) is 8.42 Å². The van der Waals surface area contributed by atoms with Gasteiger partial charge in [-0.1, -0.05) is 26.2 Å².